The Bertz CT molecular complexity index is 1450. The molecule has 0 saturated carbocycles. The van der Waals surface area contributed by atoms with Crippen LogP contribution in [0.5, 0.6) is 0 Å². The molecule has 1 aromatic heterocycles. The topological polar surface area (TPSA) is 95.6 Å². The summed E-state index contributed by atoms with van der Waals surface area (Å²) in [5, 5.41) is 9.97. The minimum absolute atomic E-state index is 0.0747. The fraction of sp³-hybridized carbons (Fsp3) is 0.452. The van der Waals surface area contributed by atoms with Crippen LogP contribution < -0.4 is 10.5 Å². The maximum Gasteiger partial charge on any atom is 0.309 e. The number of amides is 1. The Morgan fingerprint density at radius 3 is 2.51 bits per heavy atom. The summed E-state index contributed by atoms with van der Waals surface area (Å²) < 4.78 is 7.39. The second kappa shape index (κ2) is 13.5. The molecule has 8 nitrogen and oxygen atoms in total. The van der Waals surface area contributed by atoms with Gasteiger partial charge in [0.25, 0.3) is 11.5 Å². The van der Waals surface area contributed by atoms with Gasteiger partial charge in [0.15, 0.2) is 0 Å². The van der Waals surface area contributed by atoms with Crippen molar-refractivity contribution in [1.29, 1.82) is 5.26 Å². The van der Waals surface area contributed by atoms with E-state index in [0.717, 1.165) is 18.4 Å². The smallest absolute Gasteiger partial charge is 0.309 e. The highest BCUT2D eigenvalue weighted by Crippen LogP contribution is 2.40. The number of anilines is 1. The molecule has 2 saturated heterocycles. The Morgan fingerprint density at radius 1 is 1.22 bits per heavy atom. The Kier molecular flexibility index (Phi) is 10.1. The van der Waals surface area contributed by atoms with E-state index >= 15 is 0 Å². The first-order valence-electron chi connectivity index (χ1n) is 14.1. The first-order valence-corrected chi connectivity index (χ1v) is 15.4. The highest BCUT2D eigenvalue weighted by molar-refractivity contribution is 8.26. The van der Waals surface area contributed by atoms with Crippen LogP contribution in [0.3, 0.4) is 0 Å². The maximum absolute atomic E-state index is 13.7. The molecule has 0 radical (unpaired) electrons. The normalized spacial score (nSPS) is 17.7. The second-order valence-electron chi connectivity index (χ2n) is 10.3. The molecule has 1 aromatic carbocycles. The van der Waals surface area contributed by atoms with Gasteiger partial charge in [-0.15, -0.1) is 0 Å². The van der Waals surface area contributed by atoms with Crippen LogP contribution in [0.4, 0.5) is 5.82 Å². The van der Waals surface area contributed by atoms with Crippen molar-refractivity contribution in [2.45, 2.75) is 66.0 Å². The number of unbranched alkanes of at least 4 members (excludes halogenated alkanes) is 1. The summed E-state index contributed by atoms with van der Waals surface area (Å²) in [6.07, 6.45) is 4.61. The molecule has 2 aliphatic heterocycles. The molecule has 2 aromatic rings. The largest absolute Gasteiger partial charge is 0.466 e. The number of aromatic nitrogens is 1. The first kappa shape index (κ1) is 30.5. The average molecular weight is 593 g/mol. The van der Waals surface area contributed by atoms with Gasteiger partial charge in [-0.1, -0.05) is 67.7 Å². The molecule has 0 bridgehead atoms. The standard InChI is InChI=1S/C31H36N4O4S2/c1-5-7-15-34-27(33-16-13-23(14-17-33)30(38)39-6-2)24(20(3)25(19-32)28(34)36)18-26-29(37)35(31(40)41-26)21(4)22-11-9-8-10-12-22/h8-12,18,21,23H,5-7,13-17H2,1-4H3/b26-18-. The van der Waals surface area contributed by atoms with Crippen LogP contribution in [0.15, 0.2) is 40.0 Å². The van der Waals surface area contributed by atoms with Crippen LogP contribution >= 0.6 is 24.0 Å². The van der Waals surface area contributed by atoms with Gasteiger partial charge in [0, 0.05) is 25.2 Å². The predicted octanol–water partition coefficient (Wildman–Crippen LogP) is 5.57. The lowest BCUT2D eigenvalue weighted by molar-refractivity contribution is -0.148. The van der Waals surface area contributed by atoms with Crippen molar-refractivity contribution in [3.8, 4) is 6.07 Å². The average Bonchev–Trinajstić information content (AvgIpc) is 3.26. The van der Waals surface area contributed by atoms with E-state index in [2.05, 4.69) is 17.9 Å². The zero-order chi connectivity index (χ0) is 29.7. The molecular formula is C31H36N4O4S2. The molecule has 3 heterocycles. The van der Waals surface area contributed by atoms with Crippen LogP contribution in [0.1, 0.15) is 74.8 Å². The van der Waals surface area contributed by atoms with Gasteiger partial charge < -0.3 is 9.64 Å². The number of esters is 1. The lowest BCUT2D eigenvalue weighted by atomic mass is 9.95. The Balaban J connectivity index is 1.79. The van der Waals surface area contributed by atoms with Crippen molar-refractivity contribution in [3.63, 3.8) is 0 Å². The van der Waals surface area contributed by atoms with E-state index in [1.54, 1.807) is 29.4 Å². The van der Waals surface area contributed by atoms with E-state index < -0.39 is 0 Å². The first-order chi connectivity index (χ1) is 19.7. The van der Waals surface area contributed by atoms with E-state index in [4.69, 9.17) is 17.0 Å². The Hall–Kier alpha value is -3.42. The molecular weight excluding hydrogens is 556 g/mol. The van der Waals surface area contributed by atoms with Gasteiger partial charge in [0.05, 0.1) is 23.5 Å². The number of nitrogens with zero attached hydrogens (tertiary/aromatic N) is 4. The monoisotopic (exact) mass is 592 g/mol. The molecule has 0 N–H and O–H groups in total. The number of piperidine rings is 1. The van der Waals surface area contributed by atoms with Crippen LogP contribution in [-0.4, -0.2) is 45.4 Å². The minimum atomic E-state index is -0.330. The van der Waals surface area contributed by atoms with Gasteiger partial charge in [-0.2, -0.15) is 5.26 Å². The third kappa shape index (κ3) is 6.26. The summed E-state index contributed by atoms with van der Waals surface area (Å²) >= 11 is 6.89. The van der Waals surface area contributed by atoms with Crippen molar-refractivity contribution in [2.75, 3.05) is 24.6 Å². The Morgan fingerprint density at radius 2 is 1.90 bits per heavy atom. The fourth-order valence-corrected chi connectivity index (χ4v) is 6.82. The number of hydrogen-bond acceptors (Lipinski definition) is 8. The molecule has 4 rings (SSSR count). The molecule has 10 heteroatoms. The Labute approximate surface area is 251 Å². The molecule has 0 aliphatic carbocycles. The number of thioether (sulfide) groups is 1. The number of pyridine rings is 1. The van der Waals surface area contributed by atoms with Gasteiger partial charge >= 0.3 is 5.97 Å². The third-order valence-electron chi connectivity index (χ3n) is 7.76. The molecule has 41 heavy (non-hydrogen) atoms. The van der Waals surface area contributed by atoms with Crippen molar-refractivity contribution >= 4 is 52.1 Å². The number of thiocarbonyl (C=S) groups is 1. The van der Waals surface area contributed by atoms with Gasteiger partial charge in [-0.25, -0.2) is 0 Å². The number of carbonyl (C=O) groups excluding carboxylic acids is 2. The zero-order valence-electron chi connectivity index (χ0n) is 24.0. The molecule has 1 atom stereocenters. The van der Waals surface area contributed by atoms with Gasteiger partial charge in [-0.05, 0) is 57.2 Å². The summed E-state index contributed by atoms with van der Waals surface area (Å²) in [5.41, 5.74) is 1.93. The lowest BCUT2D eigenvalue weighted by Crippen LogP contribution is -2.41. The predicted molar refractivity (Wildman–Crippen MR) is 167 cm³/mol. The highest BCUT2D eigenvalue weighted by atomic mass is 32.2. The zero-order valence-corrected chi connectivity index (χ0v) is 25.6. The van der Waals surface area contributed by atoms with Crippen LogP contribution in [0.25, 0.3) is 6.08 Å². The van der Waals surface area contributed by atoms with Crippen molar-refractivity contribution in [1.82, 2.24) is 9.47 Å². The summed E-state index contributed by atoms with van der Waals surface area (Å²) in [6.45, 7) is 9.45. The van der Waals surface area contributed by atoms with E-state index in [1.165, 1.54) is 11.8 Å². The van der Waals surface area contributed by atoms with E-state index in [1.807, 2.05) is 37.3 Å². The summed E-state index contributed by atoms with van der Waals surface area (Å²) in [7, 11) is 0. The van der Waals surface area contributed by atoms with Gasteiger partial charge in [0.1, 0.15) is 21.8 Å². The fourth-order valence-electron chi connectivity index (χ4n) is 5.42. The van der Waals surface area contributed by atoms with Crippen LogP contribution in [-0.2, 0) is 20.9 Å². The van der Waals surface area contributed by atoms with E-state index in [-0.39, 0.29) is 35.0 Å². The lowest BCUT2D eigenvalue weighted by Gasteiger charge is -2.35. The molecule has 1 unspecified atom stereocenters. The molecule has 2 aliphatic rings. The summed E-state index contributed by atoms with van der Waals surface area (Å²) in [4.78, 5) is 43.9. The number of rotatable bonds is 9. The molecule has 2 fully saturated rings. The molecule has 216 valence electrons. The highest BCUT2D eigenvalue weighted by Gasteiger charge is 2.37. The number of benzene rings is 1. The van der Waals surface area contributed by atoms with Crippen molar-refractivity contribution in [2.24, 2.45) is 5.92 Å². The molecule has 1 amide bonds. The van der Waals surface area contributed by atoms with Crippen molar-refractivity contribution in [3.05, 3.63) is 67.8 Å². The number of ether oxygens (including phenoxy) is 1. The SMILES string of the molecule is CCCCn1c(N2CCC(C(=O)OCC)CC2)c(/C=C2\SC(=S)N(C(C)c3ccccc3)C2=O)c(C)c(C#N)c1=O. The van der Waals surface area contributed by atoms with E-state index in [0.29, 0.717) is 65.3 Å². The maximum atomic E-state index is 13.7. The van der Waals surface area contributed by atoms with Crippen LogP contribution in [0, 0.1) is 24.2 Å². The van der Waals surface area contributed by atoms with Crippen LogP contribution in [0.2, 0.25) is 0 Å². The second-order valence-corrected chi connectivity index (χ2v) is 12.0. The van der Waals surface area contributed by atoms with Gasteiger partial charge in [-0.3, -0.25) is 23.9 Å². The number of hydrogen-bond donors (Lipinski definition) is 0. The number of carbonyl (C=O) groups is 2. The quantitative estimate of drug-likeness (QED) is 0.212. The third-order valence-corrected chi connectivity index (χ3v) is 9.09. The van der Waals surface area contributed by atoms with Gasteiger partial charge in [0.2, 0.25) is 0 Å². The van der Waals surface area contributed by atoms with E-state index in [9.17, 15) is 19.6 Å². The molecule has 0 spiro atoms. The number of nitriles is 1. The van der Waals surface area contributed by atoms with Crippen molar-refractivity contribution < 1.29 is 14.3 Å². The summed E-state index contributed by atoms with van der Waals surface area (Å²) in [6, 6.07) is 11.6. The summed E-state index contributed by atoms with van der Waals surface area (Å²) in [5.74, 6) is 0.0970. The minimum Gasteiger partial charge on any atom is -0.466 e.